The van der Waals surface area contributed by atoms with E-state index in [2.05, 4.69) is 11.3 Å². The minimum absolute atomic E-state index is 0.313. The Morgan fingerprint density at radius 3 is 1.08 bits per heavy atom. The van der Waals surface area contributed by atoms with E-state index < -0.39 is 84.9 Å². The minimum Gasteiger partial charge on any atom is -0.463 e. The number of halogens is 21. The predicted octanol–water partition coefficient (Wildman–Crippen LogP) is 7.78. The summed E-state index contributed by atoms with van der Waals surface area (Å²) in [5.74, 6) is -78.6. The van der Waals surface area contributed by atoms with Gasteiger partial charge in [-0.25, -0.2) is 4.79 Å². The lowest BCUT2D eigenvalue weighted by atomic mass is 9.85. The van der Waals surface area contributed by atoms with E-state index in [-0.39, 0.29) is 0 Å². The van der Waals surface area contributed by atoms with Crippen LogP contribution < -0.4 is 0 Å². The fraction of sp³-hybridized carbons (Fsp3) is 0.812. The topological polar surface area (TPSA) is 26.3 Å². The first-order valence-corrected chi connectivity index (χ1v) is 8.97. The molecule has 39 heavy (non-hydrogen) atoms. The van der Waals surface area contributed by atoms with Gasteiger partial charge in [-0.2, -0.15) is 92.2 Å². The first-order chi connectivity index (χ1) is 16.7. The smallest absolute Gasteiger partial charge is 0.460 e. The molecule has 0 heterocycles. The Morgan fingerprint density at radius 2 is 0.795 bits per heavy atom. The summed E-state index contributed by atoms with van der Waals surface area (Å²) in [6.07, 6.45) is -12.2. The van der Waals surface area contributed by atoms with Crippen molar-refractivity contribution in [3.8, 4) is 0 Å². The first-order valence-electron chi connectivity index (χ1n) is 8.97. The van der Waals surface area contributed by atoms with Crippen molar-refractivity contribution in [2.75, 3.05) is 6.61 Å². The second-order valence-electron chi connectivity index (χ2n) is 7.27. The molecule has 0 aromatic rings. The van der Waals surface area contributed by atoms with Gasteiger partial charge in [0.2, 0.25) is 0 Å². The van der Waals surface area contributed by atoms with Crippen LogP contribution in [-0.4, -0.2) is 72.1 Å². The molecule has 0 aliphatic rings. The summed E-state index contributed by atoms with van der Waals surface area (Å²) in [6.45, 7) is 1.32. The molecule has 0 unspecified atom stereocenters. The molecule has 0 aliphatic carbocycles. The molecule has 0 saturated carbocycles. The Kier molecular flexibility index (Phi) is 9.40. The van der Waals surface area contributed by atoms with Crippen molar-refractivity contribution in [1.29, 1.82) is 0 Å². The first kappa shape index (κ1) is 36.7. The summed E-state index contributed by atoms with van der Waals surface area (Å²) in [7, 11) is 0. The average Bonchev–Trinajstić information content (AvgIpc) is 2.74. The van der Waals surface area contributed by atoms with Crippen LogP contribution in [0.25, 0.3) is 0 Å². The van der Waals surface area contributed by atoms with Crippen molar-refractivity contribution in [3.05, 3.63) is 12.7 Å². The van der Waals surface area contributed by atoms with Gasteiger partial charge < -0.3 is 4.74 Å². The van der Waals surface area contributed by atoms with Crippen LogP contribution in [0.2, 0.25) is 0 Å². The lowest BCUT2D eigenvalue weighted by Crippen LogP contribution is -2.76. The van der Waals surface area contributed by atoms with Crippen LogP contribution in [0.15, 0.2) is 12.7 Å². The van der Waals surface area contributed by atoms with Gasteiger partial charge in [-0.3, -0.25) is 0 Å². The third-order valence-corrected chi connectivity index (χ3v) is 4.62. The SMILES string of the molecule is C=CC(=O)OCCCC(F)(F)C(F)(F)C(F)(F)C(F)(F)C(F)(F)C(F)(F)C(F)(F)C(F)(F)C(F)(F)C(F)(F)F. The van der Waals surface area contributed by atoms with Gasteiger partial charge in [-0.1, -0.05) is 6.58 Å². The highest BCUT2D eigenvalue weighted by atomic mass is 19.4. The largest absolute Gasteiger partial charge is 0.463 e. The van der Waals surface area contributed by atoms with Crippen LogP contribution in [-0.2, 0) is 9.53 Å². The van der Waals surface area contributed by atoms with E-state index in [1.165, 1.54) is 0 Å². The maximum absolute atomic E-state index is 13.6. The summed E-state index contributed by atoms with van der Waals surface area (Å²) in [6, 6.07) is 0. The Morgan fingerprint density at radius 1 is 0.513 bits per heavy atom. The van der Waals surface area contributed by atoms with Crippen LogP contribution in [0, 0.1) is 0 Å². The highest BCUT2D eigenvalue weighted by Gasteiger charge is 2.97. The molecule has 0 rings (SSSR count). The molecule has 0 fully saturated rings. The van der Waals surface area contributed by atoms with E-state index in [4.69, 9.17) is 0 Å². The summed E-state index contributed by atoms with van der Waals surface area (Å²) in [4.78, 5) is 10.6. The van der Waals surface area contributed by atoms with Crippen molar-refractivity contribution in [2.24, 2.45) is 0 Å². The summed E-state index contributed by atoms with van der Waals surface area (Å²) >= 11 is 0. The van der Waals surface area contributed by atoms with Crippen LogP contribution in [0.5, 0.6) is 0 Å². The van der Waals surface area contributed by atoms with Gasteiger partial charge in [0.05, 0.1) is 6.61 Å². The molecule has 23 heteroatoms. The third-order valence-electron chi connectivity index (χ3n) is 4.62. The summed E-state index contributed by atoms with van der Waals surface area (Å²) in [5, 5.41) is 0. The number of alkyl halides is 21. The van der Waals surface area contributed by atoms with E-state index in [1.807, 2.05) is 0 Å². The molecular weight excluding hydrogens is 623 g/mol. The Balaban J connectivity index is 6.70. The van der Waals surface area contributed by atoms with Crippen molar-refractivity contribution in [2.45, 2.75) is 72.3 Å². The van der Waals surface area contributed by atoms with Crippen molar-refractivity contribution in [3.63, 3.8) is 0 Å². The number of hydrogen-bond acceptors (Lipinski definition) is 2. The molecular formula is C16H9F21O2. The minimum atomic E-state index is -9.20. The van der Waals surface area contributed by atoms with E-state index in [0.29, 0.717) is 6.08 Å². The fourth-order valence-electron chi connectivity index (χ4n) is 2.27. The van der Waals surface area contributed by atoms with E-state index in [1.54, 1.807) is 0 Å². The zero-order valence-corrected chi connectivity index (χ0v) is 17.7. The normalized spacial score (nSPS) is 15.8. The number of rotatable bonds is 13. The molecule has 232 valence electrons. The van der Waals surface area contributed by atoms with Gasteiger partial charge in [0.1, 0.15) is 0 Å². The zero-order valence-electron chi connectivity index (χ0n) is 17.7. The number of ether oxygens (including phenoxy) is 1. The zero-order chi connectivity index (χ0) is 32.1. The molecule has 0 spiro atoms. The molecule has 2 nitrogen and oxygen atoms in total. The highest BCUT2D eigenvalue weighted by Crippen LogP contribution is 2.66. The molecule has 0 amide bonds. The predicted molar refractivity (Wildman–Crippen MR) is 81.0 cm³/mol. The van der Waals surface area contributed by atoms with Gasteiger partial charge >= 0.3 is 65.4 Å². The van der Waals surface area contributed by atoms with Crippen LogP contribution in [0.1, 0.15) is 12.8 Å². The van der Waals surface area contributed by atoms with Crippen LogP contribution in [0.3, 0.4) is 0 Å². The molecule has 0 aromatic carbocycles. The molecule has 0 bridgehead atoms. The average molecular weight is 632 g/mol. The van der Waals surface area contributed by atoms with Gasteiger partial charge in [0, 0.05) is 12.5 Å². The van der Waals surface area contributed by atoms with Crippen LogP contribution >= 0.6 is 0 Å². The molecule has 0 aromatic heterocycles. The summed E-state index contributed by atoms with van der Waals surface area (Å²) in [5.41, 5.74) is 0. The Hall–Kier alpha value is -2.26. The van der Waals surface area contributed by atoms with Crippen LogP contribution in [0.4, 0.5) is 92.2 Å². The van der Waals surface area contributed by atoms with Gasteiger partial charge in [0.15, 0.2) is 0 Å². The molecule has 0 N–H and O–H groups in total. The lowest BCUT2D eigenvalue weighted by molar-refractivity contribution is -0.474. The number of hydrogen-bond donors (Lipinski definition) is 0. The fourth-order valence-corrected chi connectivity index (χ4v) is 2.27. The van der Waals surface area contributed by atoms with Crippen molar-refractivity contribution in [1.82, 2.24) is 0 Å². The number of carbonyl (C=O) groups excluding carboxylic acids is 1. The van der Waals surface area contributed by atoms with Gasteiger partial charge in [0.25, 0.3) is 0 Å². The number of esters is 1. The monoisotopic (exact) mass is 632 g/mol. The molecule has 0 saturated heterocycles. The van der Waals surface area contributed by atoms with Crippen molar-refractivity contribution >= 4 is 5.97 Å². The van der Waals surface area contributed by atoms with Gasteiger partial charge in [-0.05, 0) is 6.42 Å². The molecule has 0 atom stereocenters. The van der Waals surface area contributed by atoms with Gasteiger partial charge in [-0.15, -0.1) is 0 Å². The van der Waals surface area contributed by atoms with E-state index >= 15 is 0 Å². The second kappa shape index (κ2) is 9.98. The van der Waals surface area contributed by atoms with Crippen molar-refractivity contribution < 1.29 is 102 Å². The summed E-state index contributed by atoms with van der Waals surface area (Å²) < 4.78 is 281. The standard InChI is InChI=1S/C16H9F21O2/c1-2-6(38)39-5-3-4-7(17,18)8(19,20)9(21,22)10(23,24)11(25,26)12(27,28)13(29,30)14(31,32)15(33,34)16(35,36)37/h2H,1,3-5H2. The Bertz CT molecular complexity index is 900. The molecule has 0 radical (unpaired) electrons. The van der Waals surface area contributed by atoms with E-state index in [0.717, 1.165) is 0 Å². The quantitative estimate of drug-likeness (QED) is 0.0898. The second-order valence-corrected chi connectivity index (χ2v) is 7.27. The van der Waals surface area contributed by atoms with E-state index in [9.17, 15) is 97.0 Å². The lowest BCUT2D eigenvalue weighted by Gasteiger charge is -2.44. The Labute approximate surface area is 200 Å². The molecule has 0 aliphatic heterocycles. The third kappa shape index (κ3) is 5.17. The maximum atomic E-state index is 13.6. The number of carbonyl (C=O) groups is 1. The highest BCUT2D eigenvalue weighted by molar-refractivity contribution is 5.81. The maximum Gasteiger partial charge on any atom is 0.460 e.